The molecule has 0 aliphatic heterocycles. The molecule has 0 radical (unpaired) electrons. The van der Waals surface area contributed by atoms with Crippen molar-refractivity contribution >= 4 is 28.9 Å². The molecular weight excluding hydrogens is 410 g/mol. The number of fused-ring (bicyclic) bond motifs is 1. The van der Waals surface area contributed by atoms with Crippen molar-refractivity contribution in [2.75, 3.05) is 6.61 Å². The van der Waals surface area contributed by atoms with Crippen molar-refractivity contribution in [1.82, 2.24) is 15.6 Å². The second kappa shape index (κ2) is 11.0. The molecule has 8 heteroatoms. The molecule has 0 bridgehead atoms. The summed E-state index contributed by atoms with van der Waals surface area (Å²) in [7, 11) is 0. The second-order valence-electron chi connectivity index (χ2n) is 9.21. The SMILES string of the molecule is CCOC(=O)C(Cc1c[nH]c2ccccc12)NC(=O)C(CC(C)C)NC(=O)OC(C)(C)C. The third-order valence-electron chi connectivity index (χ3n) is 4.70. The molecule has 0 saturated heterocycles. The van der Waals surface area contributed by atoms with Gasteiger partial charge in [0.1, 0.15) is 17.7 Å². The number of carbonyl (C=O) groups is 3. The van der Waals surface area contributed by atoms with Gasteiger partial charge in [-0.05, 0) is 51.7 Å². The van der Waals surface area contributed by atoms with E-state index in [-0.39, 0.29) is 18.9 Å². The molecule has 2 atom stereocenters. The zero-order chi connectivity index (χ0) is 23.9. The Kier molecular flexibility index (Phi) is 8.69. The summed E-state index contributed by atoms with van der Waals surface area (Å²) in [5.41, 5.74) is 1.14. The molecule has 0 fully saturated rings. The number of hydrogen-bond donors (Lipinski definition) is 3. The summed E-state index contributed by atoms with van der Waals surface area (Å²) in [5.74, 6) is -0.843. The lowest BCUT2D eigenvalue weighted by molar-refractivity contribution is -0.147. The van der Waals surface area contributed by atoms with Gasteiger partial charge < -0.3 is 25.1 Å². The third kappa shape index (κ3) is 7.59. The fraction of sp³-hybridized carbons (Fsp3) is 0.542. The molecule has 32 heavy (non-hydrogen) atoms. The van der Waals surface area contributed by atoms with Crippen LogP contribution in [0.1, 0.15) is 53.5 Å². The van der Waals surface area contributed by atoms with E-state index in [1.54, 1.807) is 27.7 Å². The van der Waals surface area contributed by atoms with E-state index < -0.39 is 35.7 Å². The number of aromatic amines is 1. The molecule has 0 aliphatic rings. The predicted molar refractivity (Wildman–Crippen MR) is 123 cm³/mol. The van der Waals surface area contributed by atoms with Crippen LogP contribution in [0.2, 0.25) is 0 Å². The summed E-state index contributed by atoms with van der Waals surface area (Å²) < 4.78 is 10.5. The number of alkyl carbamates (subject to hydrolysis) is 1. The number of ether oxygens (including phenoxy) is 2. The molecule has 0 aliphatic carbocycles. The van der Waals surface area contributed by atoms with Gasteiger partial charge in [-0.3, -0.25) is 4.79 Å². The molecule has 8 nitrogen and oxygen atoms in total. The largest absolute Gasteiger partial charge is 0.464 e. The third-order valence-corrected chi connectivity index (χ3v) is 4.70. The van der Waals surface area contributed by atoms with Gasteiger partial charge in [-0.15, -0.1) is 0 Å². The summed E-state index contributed by atoms with van der Waals surface area (Å²) in [6.45, 7) is 11.1. The van der Waals surface area contributed by atoms with E-state index in [4.69, 9.17) is 9.47 Å². The molecule has 176 valence electrons. The van der Waals surface area contributed by atoms with E-state index in [1.165, 1.54) is 0 Å². The normalized spacial score (nSPS) is 13.5. The number of amides is 2. The smallest absolute Gasteiger partial charge is 0.408 e. The van der Waals surface area contributed by atoms with E-state index in [0.29, 0.717) is 6.42 Å². The number of para-hydroxylation sites is 1. The first-order valence-electron chi connectivity index (χ1n) is 11.0. The number of H-pyrrole nitrogens is 1. The maximum absolute atomic E-state index is 13.1. The Morgan fingerprint density at radius 2 is 1.75 bits per heavy atom. The zero-order valence-electron chi connectivity index (χ0n) is 19.8. The maximum Gasteiger partial charge on any atom is 0.408 e. The van der Waals surface area contributed by atoms with E-state index >= 15 is 0 Å². The molecule has 2 unspecified atom stereocenters. The highest BCUT2D eigenvalue weighted by Gasteiger charge is 2.30. The van der Waals surface area contributed by atoms with E-state index in [1.807, 2.05) is 44.3 Å². The average Bonchev–Trinajstić information content (AvgIpc) is 3.08. The van der Waals surface area contributed by atoms with Crippen LogP contribution in [0.25, 0.3) is 10.9 Å². The van der Waals surface area contributed by atoms with E-state index in [0.717, 1.165) is 16.5 Å². The zero-order valence-corrected chi connectivity index (χ0v) is 19.8. The molecular formula is C24H35N3O5. The highest BCUT2D eigenvalue weighted by atomic mass is 16.6. The first kappa shape index (κ1) is 25.2. The number of hydrogen-bond acceptors (Lipinski definition) is 5. The molecule has 3 N–H and O–H groups in total. The lowest BCUT2D eigenvalue weighted by Crippen LogP contribution is -2.53. The monoisotopic (exact) mass is 445 g/mol. The molecule has 2 amide bonds. The Morgan fingerprint density at radius 3 is 2.38 bits per heavy atom. The van der Waals surface area contributed by atoms with Gasteiger partial charge in [0.05, 0.1) is 6.61 Å². The average molecular weight is 446 g/mol. The molecule has 0 spiro atoms. The van der Waals surface area contributed by atoms with Crippen LogP contribution < -0.4 is 10.6 Å². The van der Waals surface area contributed by atoms with Gasteiger partial charge in [-0.1, -0.05) is 32.0 Å². The number of esters is 1. The minimum absolute atomic E-state index is 0.135. The minimum atomic E-state index is -0.892. The van der Waals surface area contributed by atoms with Gasteiger partial charge >= 0.3 is 12.1 Å². The summed E-state index contributed by atoms with van der Waals surface area (Å²) in [6, 6.07) is 6.01. The first-order valence-corrected chi connectivity index (χ1v) is 11.0. The summed E-state index contributed by atoms with van der Waals surface area (Å²) in [4.78, 5) is 41.2. The van der Waals surface area contributed by atoms with Crippen LogP contribution in [0.4, 0.5) is 4.79 Å². The van der Waals surface area contributed by atoms with Crippen LogP contribution >= 0.6 is 0 Å². The highest BCUT2D eigenvalue weighted by molar-refractivity contribution is 5.90. The van der Waals surface area contributed by atoms with Crippen LogP contribution in [-0.2, 0) is 25.5 Å². The van der Waals surface area contributed by atoms with Crippen LogP contribution in [-0.4, -0.2) is 47.2 Å². The fourth-order valence-corrected chi connectivity index (χ4v) is 3.38. The van der Waals surface area contributed by atoms with Crippen LogP contribution in [0.5, 0.6) is 0 Å². The Labute approximate surface area is 189 Å². The number of carbonyl (C=O) groups excluding carboxylic acids is 3. The maximum atomic E-state index is 13.1. The van der Waals surface area contributed by atoms with E-state index in [9.17, 15) is 14.4 Å². The van der Waals surface area contributed by atoms with Crippen LogP contribution in [0, 0.1) is 5.92 Å². The van der Waals surface area contributed by atoms with Crippen molar-refractivity contribution in [2.45, 2.75) is 72.1 Å². The van der Waals surface area contributed by atoms with Gasteiger partial charge in [0, 0.05) is 23.5 Å². The fourth-order valence-electron chi connectivity index (χ4n) is 3.38. The minimum Gasteiger partial charge on any atom is -0.464 e. The summed E-state index contributed by atoms with van der Waals surface area (Å²) >= 11 is 0. The number of benzene rings is 1. The molecule has 2 rings (SSSR count). The number of nitrogens with one attached hydrogen (secondary N) is 3. The van der Waals surface area contributed by atoms with Crippen molar-refractivity contribution in [3.63, 3.8) is 0 Å². The van der Waals surface area contributed by atoms with Crippen molar-refractivity contribution in [3.05, 3.63) is 36.0 Å². The quantitative estimate of drug-likeness (QED) is 0.510. The molecule has 1 heterocycles. The van der Waals surface area contributed by atoms with E-state index in [2.05, 4.69) is 15.6 Å². The lowest BCUT2D eigenvalue weighted by Gasteiger charge is -2.25. The summed E-state index contributed by atoms with van der Waals surface area (Å²) in [5, 5.41) is 6.39. The van der Waals surface area contributed by atoms with Gasteiger partial charge in [-0.25, -0.2) is 9.59 Å². The molecule has 1 aromatic heterocycles. The molecule has 1 aromatic carbocycles. The van der Waals surface area contributed by atoms with Gasteiger partial charge in [0.25, 0.3) is 0 Å². The Bertz CT molecular complexity index is 929. The predicted octanol–water partition coefficient (Wildman–Crippen LogP) is 3.70. The van der Waals surface area contributed by atoms with Gasteiger partial charge in [0.15, 0.2) is 0 Å². The van der Waals surface area contributed by atoms with Crippen molar-refractivity contribution < 1.29 is 23.9 Å². The number of rotatable bonds is 9. The lowest BCUT2D eigenvalue weighted by atomic mass is 10.0. The van der Waals surface area contributed by atoms with Crippen LogP contribution in [0.3, 0.4) is 0 Å². The topological polar surface area (TPSA) is 110 Å². The Morgan fingerprint density at radius 1 is 1.06 bits per heavy atom. The van der Waals surface area contributed by atoms with Crippen molar-refractivity contribution in [3.8, 4) is 0 Å². The standard InChI is InChI=1S/C24H35N3O5/c1-7-31-22(29)20(13-16-14-25-18-11-9-8-10-17(16)18)26-21(28)19(12-15(2)3)27-23(30)32-24(4,5)6/h8-11,14-15,19-20,25H,7,12-13H2,1-6H3,(H,26,28)(H,27,30). The summed E-state index contributed by atoms with van der Waals surface area (Å²) in [6.07, 6.45) is 1.80. The van der Waals surface area contributed by atoms with Crippen molar-refractivity contribution in [1.29, 1.82) is 0 Å². The second-order valence-corrected chi connectivity index (χ2v) is 9.21. The van der Waals surface area contributed by atoms with Crippen molar-refractivity contribution in [2.24, 2.45) is 5.92 Å². The molecule has 0 saturated carbocycles. The first-order chi connectivity index (χ1) is 15.0. The number of aromatic nitrogens is 1. The van der Waals surface area contributed by atoms with Gasteiger partial charge in [-0.2, -0.15) is 0 Å². The van der Waals surface area contributed by atoms with Gasteiger partial charge in [0.2, 0.25) is 5.91 Å². The Balaban J connectivity index is 2.19. The van der Waals surface area contributed by atoms with Crippen LogP contribution in [0.15, 0.2) is 30.5 Å². The molecule has 2 aromatic rings. The Hall–Kier alpha value is -3.03. The highest BCUT2D eigenvalue weighted by Crippen LogP contribution is 2.20.